The smallest absolute Gasteiger partial charge is 0.450 e. The highest BCUT2D eigenvalue weighted by Gasteiger charge is 2.51. The molecule has 1 aliphatic heterocycles. The van der Waals surface area contributed by atoms with Gasteiger partial charge in [-0.05, 0) is 27.7 Å². The maximum Gasteiger partial charge on any atom is 0.498 e. The van der Waals surface area contributed by atoms with E-state index in [1.807, 2.05) is 27.7 Å². The van der Waals surface area contributed by atoms with Crippen LogP contribution in [0.3, 0.4) is 0 Å². The van der Waals surface area contributed by atoms with E-state index in [1.165, 1.54) is 0 Å². The van der Waals surface area contributed by atoms with Crippen LogP contribution in [0, 0.1) is 11.5 Å². The first kappa shape index (κ1) is 18.0. The normalized spacial score (nSPS) is 19.2. The fraction of sp³-hybridized carbons (Fsp3) is 0.625. The van der Waals surface area contributed by atoms with Crippen molar-refractivity contribution in [1.82, 2.24) is 9.97 Å². The van der Waals surface area contributed by atoms with Crippen LogP contribution < -0.4 is 10.2 Å². The Kier molecular flexibility index (Phi) is 4.90. The summed E-state index contributed by atoms with van der Waals surface area (Å²) < 4.78 is 17.4. The lowest BCUT2D eigenvalue weighted by molar-refractivity contribution is 0.00578. The quantitative estimate of drug-likeness (QED) is 0.626. The third-order valence-corrected chi connectivity index (χ3v) is 4.84. The van der Waals surface area contributed by atoms with E-state index >= 15 is 0 Å². The SMILES string of the molecule is CC1(C)OB(c2cnc(OCC#C[Si](C)(C)C)nc2)OC1(C)C. The van der Waals surface area contributed by atoms with E-state index in [1.54, 1.807) is 12.4 Å². The highest BCUT2D eigenvalue weighted by Crippen LogP contribution is 2.36. The van der Waals surface area contributed by atoms with Crippen molar-refractivity contribution in [2.24, 2.45) is 0 Å². The molecule has 0 aliphatic carbocycles. The molecular weight excluding hydrogens is 307 g/mol. The third-order valence-electron chi connectivity index (χ3n) is 3.91. The fourth-order valence-electron chi connectivity index (χ4n) is 1.90. The van der Waals surface area contributed by atoms with E-state index in [9.17, 15) is 0 Å². The summed E-state index contributed by atoms with van der Waals surface area (Å²) >= 11 is 0. The van der Waals surface area contributed by atoms with Crippen LogP contribution in [0.5, 0.6) is 6.01 Å². The van der Waals surface area contributed by atoms with E-state index in [2.05, 4.69) is 41.1 Å². The number of nitrogens with zero attached hydrogens (tertiary/aromatic N) is 2. The molecule has 2 heterocycles. The molecule has 0 spiro atoms. The molecular formula is C16H25BN2O3Si. The van der Waals surface area contributed by atoms with E-state index in [4.69, 9.17) is 14.0 Å². The minimum Gasteiger partial charge on any atom is -0.450 e. The molecule has 0 N–H and O–H groups in total. The molecule has 1 aromatic heterocycles. The Morgan fingerprint density at radius 3 is 2.09 bits per heavy atom. The van der Waals surface area contributed by atoms with Gasteiger partial charge in [-0.2, -0.15) is 0 Å². The zero-order chi connectivity index (χ0) is 17.3. The van der Waals surface area contributed by atoms with Crippen LogP contribution in [0.2, 0.25) is 19.6 Å². The van der Waals surface area contributed by atoms with Crippen molar-refractivity contribution in [3.63, 3.8) is 0 Å². The summed E-state index contributed by atoms with van der Waals surface area (Å²) in [6.45, 7) is 14.9. The molecule has 0 unspecified atom stereocenters. The van der Waals surface area contributed by atoms with Crippen LogP contribution in [0.4, 0.5) is 0 Å². The Hall–Kier alpha value is -1.36. The summed E-state index contributed by atoms with van der Waals surface area (Å²) in [5.41, 5.74) is 3.26. The molecule has 5 nitrogen and oxygen atoms in total. The largest absolute Gasteiger partial charge is 0.498 e. The van der Waals surface area contributed by atoms with Crippen molar-refractivity contribution in [3.8, 4) is 17.5 Å². The van der Waals surface area contributed by atoms with Crippen molar-refractivity contribution >= 4 is 20.7 Å². The molecule has 2 rings (SSSR count). The Morgan fingerprint density at radius 2 is 1.61 bits per heavy atom. The predicted octanol–water partition coefficient (Wildman–Crippen LogP) is 2.04. The zero-order valence-electron chi connectivity index (χ0n) is 15.1. The molecule has 0 amide bonds. The maximum absolute atomic E-state index is 5.97. The maximum atomic E-state index is 5.97. The van der Waals surface area contributed by atoms with Gasteiger partial charge in [0.2, 0.25) is 0 Å². The molecule has 124 valence electrons. The standard InChI is InChI=1S/C16H25BN2O3Si/c1-15(2)16(3,4)22-17(21-15)13-11-18-14(19-12-13)20-9-8-10-23(5,6)7/h11-12H,9H2,1-7H3. The number of hydrogen-bond acceptors (Lipinski definition) is 5. The zero-order valence-corrected chi connectivity index (χ0v) is 16.1. The van der Waals surface area contributed by atoms with Crippen molar-refractivity contribution < 1.29 is 14.0 Å². The number of hydrogen-bond donors (Lipinski definition) is 0. The van der Waals surface area contributed by atoms with Gasteiger partial charge in [-0.15, -0.1) is 5.54 Å². The number of aromatic nitrogens is 2. The fourth-order valence-corrected chi connectivity index (χ4v) is 2.51. The molecule has 1 aliphatic rings. The average Bonchev–Trinajstić information content (AvgIpc) is 2.63. The molecule has 23 heavy (non-hydrogen) atoms. The second-order valence-electron chi connectivity index (χ2n) is 7.73. The molecule has 1 aromatic rings. The summed E-state index contributed by atoms with van der Waals surface area (Å²) in [6, 6.07) is 0.315. The van der Waals surface area contributed by atoms with E-state index in [0.29, 0.717) is 12.6 Å². The Morgan fingerprint density at radius 1 is 1.09 bits per heavy atom. The molecule has 7 heteroatoms. The van der Waals surface area contributed by atoms with Gasteiger partial charge in [0.15, 0.2) is 6.61 Å². The van der Waals surface area contributed by atoms with Gasteiger partial charge in [0.05, 0.1) is 11.2 Å². The molecule has 0 aromatic carbocycles. The molecule has 0 atom stereocenters. The molecule has 0 saturated carbocycles. The highest BCUT2D eigenvalue weighted by atomic mass is 28.3. The van der Waals surface area contributed by atoms with E-state index in [0.717, 1.165) is 5.46 Å². The topological polar surface area (TPSA) is 53.5 Å². The summed E-state index contributed by atoms with van der Waals surface area (Å²) in [5.74, 6) is 3.03. The van der Waals surface area contributed by atoms with Crippen molar-refractivity contribution in [2.45, 2.75) is 58.5 Å². The third kappa shape index (κ3) is 4.56. The van der Waals surface area contributed by atoms with Gasteiger partial charge in [0, 0.05) is 17.9 Å². The van der Waals surface area contributed by atoms with Gasteiger partial charge in [-0.1, -0.05) is 25.6 Å². The van der Waals surface area contributed by atoms with Gasteiger partial charge >= 0.3 is 13.1 Å². The van der Waals surface area contributed by atoms with Gasteiger partial charge in [-0.25, -0.2) is 9.97 Å². The Balaban J connectivity index is 1.97. The average molecular weight is 332 g/mol. The molecule has 0 bridgehead atoms. The number of ether oxygens (including phenoxy) is 1. The lowest BCUT2D eigenvalue weighted by Gasteiger charge is -2.32. The number of rotatable bonds is 3. The van der Waals surface area contributed by atoms with E-state index in [-0.39, 0.29) is 11.2 Å². The van der Waals surface area contributed by atoms with Gasteiger partial charge in [0.1, 0.15) is 8.07 Å². The highest BCUT2D eigenvalue weighted by molar-refractivity contribution is 6.83. The summed E-state index contributed by atoms with van der Waals surface area (Å²) in [4.78, 5) is 8.41. The molecule has 1 saturated heterocycles. The van der Waals surface area contributed by atoms with Gasteiger partial charge in [0.25, 0.3) is 0 Å². The van der Waals surface area contributed by atoms with Crippen LogP contribution in [0.15, 0.2) is 12.4 Å². The second-order valence-corrected chi connectivity index (χ2v) is 12.5. The van der Waals surface area contributed by atoms with Crippen molar-refractivity contribution in [3.05, 3.63) is 12.4 Å². The monoisotopic (exact) mass is 332 g/mol. The molecule has 1 fully saturated rings. The van der Waals surface area contributed by atoms with Gasteiger partial charge in [-0.3, -0.25) is 0 Å². The Labute approximate surface area is 140 Å². The van der Waals surface area contributed by atoms with Crippen LogP contribution >= 0.6 is 0 Å². The lowest BCUT2D eigenvalue weighted by Crippen LogP contribution is -2.41. The van der Waals surface area contributed by atoms with Gasteiger partial charge < -0.3 is 14.0 Å². The summed E-state index contributed by atoms with van der Waals surface area (Å²) in [7, 11) is -1.82. The lowest BCUT2D eigenvalue weighted by atomic mass is 9.81. The Bertz CT molecular complexity index is 599. The van der Waals surface area contributed by atoms with Crippen molar-refractivity contribution in [1.29, 1.82) is 0 Å². The van der Waals surface area contributed by atoms with Crippen LogP contribution in [0.1, 0.15) is 27.7 Å². The first-order chi connectivity index (χ1) is 10.5. The predicted molar refractivity (Wildman–Crippen MR) is 94.4 cm³/mol. The minimum atomic E-state index is -1.36. The minimum absolute atomic E-state index is 0.306. The first-order valence-corrected chi connectivity index (χ1v) is 11.3. The summed E-state index contributed by atoms with van der Waals surface area (Å²) in [6.07, 6.45) is 3.35. The van der Waals surface area contributed by atoms with E-state index < -0.39 is 15.2 Å². The summed E-state index contributed by atoms with van der Waals surface area (Å²) in [5, 5.41) is 0. The second kappa shape index (κ2) is 6.27. The van der Waals surface area contributed by atoms with Crippen LogP contribution in [0.25, 0.3) is 0 Å². The first-order valence-electron chi connectivity index (χ1n) is 7.81. The molecule has 0 radical (unpaired) electrons. The van der Waals surface area contributed by atoms with Crippen LogP contribution in [-0.2, 0) is 9.31 Å². The van der Waals surface area contributed by atoms with Crippen molar-refractivity contribution in [2.75, 3.05) is 6.61 Å². The van der Waals surface area contributed by atoms with Crippen LogP contribution in [-0.4, -0.2) is 43.0 Å².